The second-order valence-corrected chi connectivity index (χ2v) is 10.9. The zero-order valence-corrected chi connectivity index (χ0v) is 26.1. The van der Waals surface area contributed by atoms with Gasteiger partial charge >= 0.3 is 0 Å². The highest BCUT2D eigenvalue weighted by Crippen LogP contribution is 2.49. The number of nitrogens with one attached hydrogen (secondary N) is 2. The third-order valence-corrected chi connectivity index (χ3v) is 8.28. The van der Waals surface area contributed by atoms with Crippen LogP contribution in [0.25, 0.3) is 0 Å². The van der Waals surface area contributed by atoms with E-state index in [1.807, 2.05) is 68.4 Å². The summed E-state index contributed by atoms with van der Waals surface area (Å²) in [5.74, 6) is 1.40. The molecular formula is C35H38N2O7. The van der Waals surface area contributed by atoms with Crippen molar-refractivity contribution in [2.24, 2.45) is 0 Å². The van der Waals surface area contributed by atoms with Crippen molar-refractivity contribution in [1.82, 2.24) is 5.32 Å². The molecule has 9 nitrogen and oxygen atoms in total. The predicted octanol–water partition coefficient (Wildman–Crippen LogP) is 6.04. The maximum absolute atomic E-state index is 14.2. The van der Waals surface area contributed by atoms with Crippen LogP contribution in [0.3, 0.4) is 0 Å². The Morgan fingerprint density at radius 1 is 0.750 bits per heavy atom. The number of ether oxygens (including phenoxy) is 5. The molecule has 0 saturated carbocycles. The number of carbonyl (C=O) groups excluding carboxylic acids is 2. The Hall–Kier alpha value is -4.92. The van der Waals surface area contributed by atoms with E-state index in [2.05, 4.69) is 10.6 Å². The number of rotatable bonds is 9. The molecule has 2 unspecified atom stereocenters. The normalized spacial score (nSPS) is 17.8. The largest absolute Gasteiger partial charge is 0.493 e. The molecule has 0 aromatic heterocycles. The molecule has 5 rings (SSSR count). The first-order valence-corrected chi connectivity index (χ1v) is 14.4. The first kappa shape index (κ1) is 30.5. The summed E-state index contributed by atoms with van der Waals surface area (Å²) >= 11 is 0. The van der Waals surface area contributed by atoms with Crippen LogP contribution in [0.5, 0.6) is 28.7 Å². The van der Waals surface area contributed by atoms with Crippen molar-refractivity contribution in [3.8, 4) is 28.7 Å². The van der Waals surface area contributed by atoms with Crippen molar-refractivity contribution >= 4 is 17.4 Å². The molecule has 2 N–H and O–H groups in total. The van der Waals surface area contributed by atoms with Crippen molar-refractivity contribution in [2.75, 3.05) is 40.9 Å². The van der Waals surface area contributed by atoms with Gasteiger partial charge in [0.1, 0.15) is 0 Å². The Labute approximate surface area is 257 Å². The maximum Gasteiger partial charge on any atom is 0.254 e. The number of benzene rings is 3. The smallest absolute Gasteiger partial charge is 0.254 e. The molecule has 230 valence electrons. The van der Waals surface area contributed by atoms with Gasteiger partial charge in [-0.05, 0) is 73.7 Å². The molecule has 3 aromatic carbocycles. The summed E-state index contributed by atoms with van der Waals surface area (Å²) in [5, 5.41) is 6.47. The molecule has 9 heteroatoms. The Kier molecular flexibility index (Phi) is 8.85. The number of allylic oxidation sites excluding steroid dienone is 3. The molecular weight excluding hydrogens is 560 g/mol. The lowest BCUT2D eigenvalue weighted by Gasteiger charge is -2.37. The Balaban J connectivity index is 1.62. The van der Waals surface area contributed by atoms with Crippen molar-refractivity contribution in [3.05, 3.63) is 93.8 Å². The van der Waals surface area contributed by atoms with E-state index in [4.69, 9.17) is 23.7 Å². The number of anilines is 1. The van der Waals surface area contributed by atoms with Crippen LogP contribution in [0.2, 0.25) is 0 Å². The third kappa shape index (κ3) is 5.69. The number of methoxy groups -OCH3 is 5. The fourth-order valence-electron chi connectivity index (χ4n) is 6.12. The summed E-state index contributed by atoms with van der Waals surface area (Å²) in [6.45, 7) is 3.85. The minimum absolute atomic E-state index is 0.0505. The molecule has 1 heterocycles. The number of Topliss-reactive ketones (excluding diaryl/α,β-unsaturated/α-hetero) is 1. The van der Waals surface area contributed by atoms with E-state index in [0.29, 0.717) is 63.3 Å². The van der Waals surface area contributed by atoms with Crippen LogP contribution in [-0.4, -0.2) is 47.2 Å². The van der Waals surface area contributed by atoms with Crippen LogP contribution >= 0.6 is 0 Å². The molecule has 0 spiro atoms. The first-order chi connectivity index (χ1) is 21.2. The van der Waals surface area contributed by atoms with Crippen LogP contribution < -0.4 is 34.3 Å². The lowest BCUT2D eigenvalue weighted by Crippen LogP contribution is -2.37. The second-order valence-electron chi connectivity index (χ2n) is 10.9. The molecule has 0 fully saturated rings. The highest BCUT2D eigenvalue weighted by molar-refractivity contribution is 6.10. The van der Waals surface area contributed by atoms with E-state index < -0.39 is 5.92 Å². The van der Waals surface area contributed by atoms with Gasteiger partial charge in [0.05, 0.1) is 35.5 Å². The van der Waals surface area contributed by atoms with Gasteiger partial charge in [-0.1, -0.05) is 23.8 Å². The number of hydrogen-bond donors (Lipinski definition) is 2. The van der Waals surface area contributed by atoms with Gasteiger partial charge in [-0.25, -0.2) is 0 Å². The molecule has 0 radical (unpaired) electrons. The molecule has 44 heavy (non-hydrogen) atoms. The zero-order chi connectivity index (χ0) is 31.5. The molecule has 2 aliphatic rings. The number of hydrogen-bond acceptors (Lipinski definition) is 8. The molecule has 0 bridgehead atoms. The van der Waals surface area contributed by atoms with E-state index in [-0.39, 0.29) is 24.0 Å². The first-order valence-electron chi connectivity index (χ1n) is 14.4. The minimum atomic E-state index is -0.677. The third-order valence-electron chi connectivity index (χ3n) is 8.28. The maximum atomic E-state index is 14.2. The highest BCUT2D eigenvalue weighted by atomic mass is 16.5. The molecule has 1 aliphatic carbocycles. The van der Waals surface area contributed by atoms with Crippen LogP contribution in [0.4, 0.5) is 5.69 Å². The summed E-state index contributed by atoms with van der Waals surface area (Å²) in [7, 11) is 7.81. The fourth-order valence-corrected chi connectivity index (χ4v) is 6.12. The number of carbonyl (C=O) groups is 2. The molecule has 2 atom stereocenters. The molecule has 0 saturated heterocycles. The van der Waals surface area contributed by atoms with Crippen LogP contribution in [-0.2, 0) is 9.59 Å². The standard InChI is InChI=1S/C35H38N2O7/c1-19-8-11-24(12-9-19)37-35(39)31-20(2)36-25-14-22(21-10-13-27(40-3)28(16-21)41-4)15-26(38)33(25)32(31)23-17-29(42-5)34(44-7)30(18-23)43-6/h8-13,16-18,22,32,36H,14-15H2,1-7H3,(H,37,39). The summed E-state index contributed by atoms with van der Waals surface area (Å²) < 4.78 is 27.8. The molecule has 1 aliphatic heterocycles. The number of ketones is 1. The van der Waals surface area contributed by atoms with Crippen molar-refractivity contribution < 1.29 is 33.3 Å². The summed E-state index contributed by atoms with van der Waals surface area (Å²) in [6.07, 6.45) is 0.838. The van der Waals surface area contributed by atoms with Crippen molar-refractivity contribution in [3.63, 3.8) is 0 Å². The average Bonchev–Trinajstić information content (AvgIpc) is 3.03. The number of amides is 1. The fraction of sp³-hybridized carbons (Fsp3) is 0.314. The summed E-state index contributed by atoms with van der Waals surface area (Å²) in [4.78, 5) is 28.2. The van der Waals surface area contributed by atoms with E-state index in [1.165, 1.54) is 7.11 Å². The summed E-state index contributed by atoms with van der Waals surface area (Å²) in [5.41, 5.74) is 5.83. The van der Waals surface area contributed by atoms with Gasteiger partial charge in [-0.15, -0.1) is 0 Å². The van der Waals surface area contributed by atoms with E-state index >= 15 is 0 Å². The van der Waals surface area contributed by atoms with Gasteiger partial charge in [-0.2, -0.15) is 0 Å². The van der Waals surface area contributed by atoms with E-state index in [9.17, 15) is 9.59 Å². The van der Waals surface area contributed by atoms with Gasteiger partial charge in [0.15, 0.2) is 28.8 Å². The van der Waals surface area contributed by atoms with E-state index in [0.717, 1.165) is 16.8 Å². The zero-order valence-electron chi connectivity index (χ0n) is 26.1. The Morgan fingerprint density at radius 3 is 1.95 bits per heavy atom. The van der Waals surface area contributed by atoms with Gasteiger partial charge in [0.25, 0.3) is 5.91 Å². The number of aryl methyl sites for hydroxylation is 1. The lowest BCUT2D eigenvalue weighted by molar-refractivity contribution is -0.116. The van der Waals surface area contributed by atoms with Crippen molar-refractivity contribution in [2.45, 2.75) is 38.5 Å². The van der Waals surface area contributed by atoms with E-state index in [1.54, 1.807) is 28.4 Å². The van der Waals surface area contributed by atoms with Crippen molar-refractivity contribution in [1.29, 1.82) is 0 Å². The number of dihydropyridines is 1. The predicted molar refractivity (Wildman–Crippen MR) is 168 cm³/mol. The van der Waals surface area contributed by atoms with Gasteiger partial charge in [0, 0.05) is 40.6 Å². The van der Waals surface area contributed by atoms with Crippen LogP contribution in [0.15, 0.2) is 77.1 Å². The summed E-state index contributed by atoms with van der Waals surface area (Å²) in [6, 6.07) is 16.9. The van der Waals surface area contributed by atoms with Crippen LogP contribution in [0, 0.1) is 6.92 Å². The monoisotopic (exact) mass is 598 g/mol. The molecule has 3 aromatic rings. The van der Waals surface area contributed by atoms with Gasteiger partial charge < -0.3 is 34.3 Å². The van der Waals surface area contributed by atoms with Crippen LogP contribution in [0.1, 0.15) is 48.3 Å². The quantitative estimate of drug-likeness (QED) is 0.307. The Morgan fingerprint density at radius 2 is 1.36 bits per heavy atom. The second kappa shape index (κ2) is 12.8. The minimum Gasteiger partial charge on any atom is -0.493 e. The Bertz CT molecular complexity index is 1630. The van der Waals surface area contributed by atoms with Gasteiger partial charge in [-0.3, -0.25) is 9.59 Å². The molecule has 1 amide bonds. The average molecular weight is 599 g/mol. The highest BCUT2D eigenvalue weighted by Gasteiger charge is 2.41. The topological polar surface area (TPSA) is 104 Å². The van der Waals surface area contributed by atoms with Gasteiger partial charge in [0.2, 0.25) is 5.75 Å². The SMILES string of the molecule is COc1ccc(C2CC(=O)C3=C(C2)NC(C)=C(C(=O)Nc2ccc(C)cc2)C3c2cc(OC)c(OC)c(OC)c2)cc1OC. The lowest BCUT2D eigenvalue weighted by atomic mass is 9.71.